The Kier molecular flexibility index (Phi) is 7.55. The summed E-state index contributed by atoms with van der Waals surface area (Å²) in [5, 5.41) is 2.85. The van der Waals surface area contributed by atoms with Crippen LogP contribution in [0.2, 0.25) is 0 Å². The fraction of sp³-hybridized carbons (Fsp3) is 0.421. The van der Waals surface area contributed by atoms with Crippen LogP contribution < -0.4 is 10.9 Å². The predicted octanol–water partition coefficient (Wildman–Crippen LogP) is 2.06. The molecule has 0 saturated heterocycles. The number of ether oxygens (including phenoxy) is 1. The van der Waals surface area contributed by atoms with Gasteiger partial charge in [-0.25, -0.2) is 9.37 Å². The second-order valence-electron chi connectivity index (χ2n) is 6.17. The largest absolute Gasteiger partial charge is 0.383 e. The molecule has 1 atom stereocenters. The van der Waals surface area contributed by atoms with Crippen molar-refractivity contribution in [3.63, 3.8) is 0 Å². The van der Waals surface area contributed by atoms with Gasteiger partial charge in [0.15, 0.2) is 5.16 Å². The van der Waals surface area contributed by atoms with Gasteiger partial charge in [-0.15, -0.1) is 0 Å². The van der Waals surface area contributed by atoms with Gasteiger partial charge in [-0.3, -0.25) is 14.2 Å². The highest BCUT2D eigenvalue weighted by molar-refractivity contribution is 8.00. The summed E-state index contributed by atoms with van der Waals surface area (Å²) < 4.78 is 19.4. The van der Waals surface area contributed by atoms with Gasteiger partial charge in [-0.1, -0.05) is 23.9 Å². The third kappa shape index (κ3) is 5.64. The first-order valence-electron chi connectivity index (χ1n) is 8.57. The van der Waals surface area contributed by atoms with E-state index in [0.29, 0.717) is 36.0 Å². The van der Waals surface area contributed by atoms with E-state index in [2.05, 4.69) is 10.3 Å². The second-order valence-corrected chi connectivity index (χ2v) is 7.48. The number of halogens is 1. The van der Waals surface area contributed by atoms with Crippen LogP contribution in [-0.4, -0.2) is 41.0 Å². The maximum absolute atomic E-state index is 13.1. The highest BCUT2D eigenvalue weighted by Crippen LogP contribution is 2.21. The van der Waals surface area contributed by atoms with Gasteiger partial charge < -0.3 is 10.1 Å². The summed E-state index contributed by atoms with van der Waals surface area (Å²) in [4.78, 5) is 29.4. The van der Waals surface area contributed by atoms with Crippen molar-refractivity contribution >= 4 is 17.7 Å². The fourth-order valence-electron chi connectivity index (χ4n) is 2.48. The topological polar surface area (TPSA) is 73.2 Å². The predicted molar refractivity (Wildman–Crippen MR) is 104 cm³/mol. The van der Waals surface area contributed by atoms with Crippen molar-refractivity contribution in [3.05, 3.63) is 57.3 Å². The van der Waals surface area contributed by atoms with Crippen LogP contribution >= 0.6 is 11.8 Å². The van der Waals surface area contributed by atoms with Crippen LogP contribution in [0.3, 0.4) is 0 Å². The number of rotatable bonds is 8. The molecule has 0 saturated carbocycles. The van der Waals surface area contributed by atoms with E-state index in [1.165, 1.54) is 28.5 Å². The third-order valence-corrected chi connectivity index (χ3v) is 5.24. The second kappa shape index (κ2) is 9.66. The molecule has 8 heteroatoms. The van der Waals surface area contributed by atoms with Crippen LogP contribution in [-0.2, 0) is 23.0 Å². The highest BCUT2D eigenvalue weighted by atomic mass is 32.2. The number of carbonyl (C=O) groups excluding carboxylic acids is 1. The minimum absolute atomic E-state index is 0.139. The van der Waals surface area contributed by atoms with Crippen molar-refractivity contribution in [2.45, 2.75) is 30.7 Å². The lowest BCUT2D eigenvalue weighted by molar-refractivity contribution is -0.120. The van der Waals surface area contributed by atoms with E-state index in [1.807, 2.05) is 0 Å². The summed E-state index contributed by atoms with van der Waals surface area (Å²) in [6.07, 6.45) is 0.379. The van der Waals surface area contributed by atoms with E-state index < -0.39 is 5.25 Å². The maximum Gasteiger partial charge on any atom is 0.257 e. The van der Waals surface area contributed by atoms with Gasteiger partial charge in [-0.2, -0.15) is 0 Å². The number of nitrogens with one attached hydrogen (secondary N) is 1. The summed E-state index contributed by atoms with van der Waals surface area (Å²) in [5.74, 6) is -0.453. The Labute approximate surface area is 162 Å². The molecule has 0 unspecified atom stereocenters. The monoisotopic (exact) mass is 393 g/mol. The van der Waals surface area contributed by atoms with Crippen LogP contribution in [0.1, 0.15) is 23.7 Å². The van der Waals surface area contributed by atoms with Crippen molar-refractivity contribution in [2.75, 3.05) is 20.3 Å². The Morgan fingerprint density at radius 2 is 2.04 bits per heavy atom. The molecule has 0 aliphatic carbocycles. The molecule has 1 amide bonds. The molecule has 0 bridgehead atoms. The van der Waals surface area contributed by atoms with Crippen LogP contribution in [0.15, 0.2) is 34.2 Å². The molecule has 0 aliphatic rings. The number of hydrogen-bond acceptors (Lipinski definition) is 5. The summed E-state index contributed by atoms with van der Waals surface area (Å²) >= 11 is 1.23. The molecule has 1 aromatic carbocycles. The molecule has 0 spiro atoms. The van der Waals surface area contributed by atoms with E-state index >= 15 is 0 Å². The molecule has 1 N–H and O–H groups in total. The number of benzene rings is 1. The lowest BCUT2D eigenvalue weighted by Gasteiger charge is -2.15. The van der Waals surface area contributed by atoms with Crippen LogP contribution in [0.5, 0.6) is 0 Å². The number of hydrogen-bond donors (Lipinski definition) is 1. The molecule has 27 heavy (non-hydrogen) atoms. The standard InChI is InChI=1S/C19H24FN3O3S/c1-12-16(11-14-5-7-15(20)8-6-14)18(25)23(3)19(22-12)27-13(2)17(24)21-9-10-26-4/h5-8,13H,9-11H2,1-4H3,(H,21,24)/t13-/m1/s1. The van der Waals surface area contributed by atoms with Crippen molar-refractivity contribution in [1.82, 2.24) is 14.9 Å². The summed E-state index contributed by atoms with van der Waals surface area (Å²) in [5.41, 5.74) is 1.84. The first-order valence-corrected chi connectivity index (χ1v) is 9.45. The molecular weight excluding hydrogens is 369 g/mol. The van der Waals surface area contributed by atoms with Gasteiger partial charge in [0.05, 0.1) is 11.9 Å². The van der Waals surface area contributed by atoms with Gasteiger partial charge in [-0.05, 0) is 31.5 Å². The quantitative estimate of drug-likeness (QED) is 0.422. The number of amides is 1. The normalized spacial score (nSPS) is 12.0. The average molecular weight is 393 g/mol. The zero-order valence-corrected chi connectivity index (χ0v) is 16.7. The van der Waals surface area contributed by atoms with E-state index in [-0.39, 0.29) is 17.3 Å². The van der Waals surface area contributed by atoms with Crippen molar-refractivity contribution in [2.24, 2.45) is 7.05 Å². The molecule has 0 radical (unpaired) electrons. The van der Waals surface area contributed by atoms with Crippen molar-refractivity contribution < 1.29 is 13.9 Å². The van der Waals surface area contributed by atoms with Gasteiger partial charge >= 0.3 is 0 Å². The fourth-order valence-corrected chi connectivity index (χ4v) is 3.41. The molecule has 6 nitrogen and oxygen atoms in total. The Balaban J connectivity index is 2.17. The Morgan fingerprint density at radius 3 is 2.67 bits per heavy atom. The van der Waals surface area contributed by atoms with Crippen molar-refractivity contribution in [1.29, 1.82) is 0 Å². The molecule has 2 aromatic rings. The Morgan fingerprint density at radius 1 is 1.37 bits per heavy atom. The minimum Gasteiger partial charge on any atom is -0.383 e. The molecule has 146 valence electrons. The number of aromatic nitrogens is 2. The molecule has 2 rings (SSSR count). The summed E-state index contributed by atoms with van der Waals surface area (Å²) in [6.45, 7) is 4.41. The SMILES string of the molecule is COCCNC(=O)[C@@H](C)Sc1nc(C)c(Cc2ccc(F)cc2)c(=O)n1C. The zero-order chi connectivity index (χ0) is 20.0. The molecular formula is C19H24FN3O3S. The smallest absolute Gasteiger partial charge is 0.257 e. The third-order valence-electron chi connectivity index (χ3n) is 4.10. The Hall–Kier alpha value is -2.19. The Bertz CT molecular complexity index is 853. The van der Waals surface area contributed by atoms with Gasteiger partial charge in [0.25, 0.3) is 5.56 Å². The maximum atomic E-state index is 13.1. The van der Waals surface area contributed by atoms with Gasteiger partial charge in [0.1, 0.15) is 5.82 Å². The number of carbonyl (C=O) groups is 1. The van der Waals surface area contributed by atoms with Gasteiger partial charge in [0, 0.05) is 38.4 Å². The van der Waals surface area contributed by atoms with E-state index in [9.17, 15) is 14.0 Å². The summed E-state index contributed by atoms with van der Waals surface area (Å²) in [6, 6.07) is 6.06. The average Bonchev–Trinajstić information content (AvgIpc) is 2.64. The molecule has 1 aromatic heterocycles. The lowest BCUT2D eigenvalue weighted by Crippen LogP contribution is -2.34. The number of aryl methyl sites for hydroxylation is 1. The molecule has 1 heterocycles. The van der Waals surface area contributed by atoms with Crippen LogP contribution in [0.4, 0.5) is 4.39 Å². The molecule has 0 aliphatic heterocycles. The number of methoxy groups -OCH3 is 1. The van der Waals surface area contributed by atoms with Crippen molar-refractivity contribution in [3.8, 4) is 0 Å². The lowest BCUT2D eigenvalue weighted by atomic mass is 10.1. The first-order chi connectivity index (χ1) is 12.8. The number of nitrogens with zero attached hydrogens (tertiary/aromatic N) is 2. The summed E-state index contributed by atoms with van der Waals surface area (Å²) in [7, 11) is 3.21. The van der Waals surface area contributed by atoms with E-state index in [0.717, 1.165) is 5.56 Å². The van der Waals surface area contributed by atoms with Crippen LogP contribution in [0.25, 0.3) is 0 Å². The molecule has 0 fully saturated rings. The first kappa shape index (κ1) is 21.1. The van der Waals surface area contributed by atoms with E-state index in [1.54, 1.807) is 40.1 Å². The number of thioether (sulfide) groups is 1. The van der Waals surface area contributed by atoms with E-state index in [4.69, 9.17) is 4.74 Å². The zero-order valence-electron chi connectivity index (χ0n) is 15.9. The minimum atomic E-state index is -0.401. The van der Waals surface area contributed by atoms with Gasteiger partial charge in [0.2, 0.25) is 5.91 Å². The highest BCUT2D eigenvalue weighted by Gasteiger charge is 2.19. The van der Waals surface area contributed by atoms with Crippen LogP contribution in [0, 0.1) is 12.7 Å².